The summed E-state index contributed by atoms with van der Waals surface area (Å²) in [5.41, 5.74) is 5.27. The van der Waals surface area contributed by atoms with Gasteiger partial charge in [0.15, 0.2) is 5.17 Å². The molecule has 4 heteroatoms. The zero-order valence-corrected chi connectivity index (χ0v) is 17.5. The molecule has 0 spiro atoms. The van der Waals surface area contributed by atoms with E-state index in [-0.39, 0.29) is 6.04 Å². The third-order valence-corrected chi connectivity index (χ3v) is 6.01. The highest BCUT2D eigenvalue weighted by Crippen LogP contribution is 2.30. The van der Waals surface area contributed by atoms with E-state index in [1.54, 1.807) is 7.11 Å². The summed E-state index contributed by atoms with van der Waals surface area (Å²) in [6.45, 7) is 5.23. The number of hydrogen-bond acceptors (Lipinski definition) is 4. The molecule has 1 aliphatic rings. The largest absolute Gasteiger partial charge is 0.497 e. The van der Waals surface area contributed by atoms with Crippen LogP contribution in [0.25, 0.3) is 10.8 Å². The van der Waals surface area contributed by atoms with Crippen molar-refractivity contribution in [3.63, 3.8) is 0 Å². The summed E-state index contributed by atoms with van der Waals surface area (Å²) < 4.78 is 5.41. The van der Waals surface area contributed by atoms with E-state index >= 15 is 0 Å². The molecule has 1 aliphatic heterocycles. The first-order chi connectivity index (χ1) is 13.6. The Labute approximate surface area is 171 Å². The standard InChI is InChI=1S/C24H26N2OS/c1-16-11-17(2)13-18(12-16)14-23(26-24-25-9-10-28-24)22-6-4-5-19-15-20(27-3)7-8-21(19)22/h4-8,11-13,15,23H,9-10,14H2,1-3H3,(H,25,26). The summed E-state index contributed by atoms with van der Waals surface area (Å²) in [5, 5.41) is 7.23. The molecule has 144 valence electrons. The van der Waals surface area contributed by atoms with Crippen LogP contribution >= 0.6 is 11.8 Å². The van der Waals surface area contributed by atoms with Gasteiger partial charge in [0.1, 0.15) is 5.75 Å². The minimum absolute atomic E-state index is 0.169. The number of nitrogens with one attached hydrogen (secondary N) is 1. The number of fused-ring (bicyclic) bond motifs is 1. The Balaban J connectivity index is 1.75. The van der Waals surface area contributed by atoms with E-state index < -0.39 is 0 Å². The average Bonchev–Trinajstić information content (AvgIpc) is 3.19. The van der Waals surface area contributed by atoms with Gasteiger partial charge in [0, 0.05) is 5.75 Å². The van der Waals surface area contributed by atoms with Crippen molar-refractivity contribution < 1.29 is 4.74 Å². The van der Waals surface area contributed by atoms with Crippen molar-refractivity contribution in [2.45, 2.75) is 26.3 Å². The molecule has 0 radical (unpaired) electrons. The van der Waals surface area contributed by atoms with Crippen LogP contribution in [0.4, 0.5) is 0 Å². The van der Waals surface area contributed by atoms with Crippen LogP contribution in [-0.2, 0) is 6.42 Å². The number of amidine groups is 1. The third kappa shape index (κ3) is 4.17. The molecule has 0 bridgehead atoms. The van der Waals surface area contributed by atoms with Crippen molar-refractivity contribution in [2.24, 2.45) is 4.99 Å². The van der Waals surface area contributed by atoms with Crippen molar-refractivity contribution in [2.75, 3.05) is 19.4 Å². The van der Waals surface area contributed by atoms with Crippen LogP contribution in [0.5, 0.6) is 5.75 Å². The number of ether oxygens (including phenoxy) is 1. The average molecular weight is 391 g/mol. The minimum Gasteiger partial charge on any atom is -0.497 e. The van der Waals surface area contributed by atoms with Crippen molar-refractivity contribution >= 4 is 27.7 Å². The molecular formula is C24H26N2OS. The van der Waals surface area contributed by atoms with Gasteiger partial charge in [-0.05, 0) is 54.3 Å². The van der Waals surface area contributed by atoms with E-state index in [0.717, 1.165) is 29.6 Å². The summed E-state index contributed by atoms with van der Waals surface area (Å²) in [7, 11) is 1.71. The molecule has 3 aromatic carbocycles. The molecule has 4 rings (SSSR count). The van der Waals surface area contributed by atoms with E-state index in [1.807, 2.05) is 17.8 Å². The Bertz CT molecular complexity index is 1010. The lowest BCUT2D eigenvalue weighted by Crippen LogP contribution is -2.27. The lowest BCUT2D eigenvalue weighted by Gasteiger charge is -2.22. The van der Waals surface area contributed by atoms with Gasteiger partial charge in [0.05, 0.1) is 19.7 Å². The monoisotopic (exact) mass is 390 g/mol. The highest BCUT2D eigenvalue weighted by Gasteiger charge is 2.19. The van der Waals surface area contributed by atoms with Gasteiger partial charge >= 0.3 is 0 Å². The van der Waals surface area contributed by atoms with Crippen LogP contribution in [0, 0.1) is 13.8 Å². The molecule has 0 aromatic heterocycles. The fraction of sp³-hybridized carbons (Fsp3) is 0.292. The molecule has 1 unspecified atom stereocenters. The van der Waals surface area contributed by atoms with E-state index in [9.17, 15) is 0 Å². The molecule has 1 heterocycles. The summed E-state index contributed by atoms with van der Waals surface area (Å²) in [6.07, 6.45) is 0.924. The summed E-state index contributed by atoms with van der Waals surface area (Å²) in [5.74, 6) is 1.95. The molecule has 3 aromatic rings. The number of thioether (sulfide) groups is 1. The van der Waals surface area contributed by atoms with Gasteiger partial charge in [-0.2, -0.15) is 0 Å². The second-order valence-corrected chi connectivity index (χ2v) is 8.45. The SMILES string of the molecule is COc1ccc2c(C(Cc3cc(C)cc(C)c3)NC3=NCCS3)cccc2c1. The number of nitrogens with zero attached hydrogens (tertiary/aromatic N) is 1. The van der Waals surface area contributed by atoms with E-state index in [4.69, 9.17) is 4.74 Å². The molecule has 0 aliphatic carbocycles. The fourth-order valence-electron chi connectivity index (χ4n) is 3.95. The molecule has 0 fully saturated rings. The zero-order chi connectivity index (χ0) is 19.5. The Kier molecular flexibility index (Phi) is 5.58. The smallest absolute Gasteiger partial charge is 0.157 e. The van der Waals surface area contributed by atoms with Crippen LogP contribution in [0.15, 0.2) is 59.6 Å². The number of aliphatic imine (C=N–C) groups is 1. The summed E-state index contributed by atoms with van der Waals surface area (Å²) >= 11 is 1.81. The van der Waals surface area contributed by atoms with Gasteiger partial charge < -0.3 is 10.1 Å². The molecule has 0 amide bonds. The van der Waals surface area contributed by atoms with Gasteiger partial charge in [-0.15, -0.1) is 0 Å². The molecule has 3 nitrogen and oxygen atoms in total. The first-order valence-corrected chi connectivity index (χ1v) is 10.7. The van der Waals surface area contributed by atoms with Crippen molar-refractivity contribution in [1.29, 1.82) is 0 Å². The fourth-order valence-corrected chi connectivity index (χ4v) is 4.73. The first-order valence-electron chi connectivity index (χ1n) is 9.70. The second kappa shape index (κ2) is 8.27. The number of aryl methyl sites for hydroxylation is 2. The highest BCUT2D eigenvalue weighted by atomic mass is 32.2. The Hall–Kier alpha value is -2.46. The number of rotatable bonds is 5. The van der Waals surface area contributed by atoms with Crippen molar-refractivity contribution in [3.05, 3.63) is 76.9 Å². The zero-order valence-electron chi connectivity index (χ0n) is 16.7. The minimum atomic E-state index is 0.169. The summed E-state index contributed by atoms with van der Waals surface area (Å²) in [4.78, 5) is 4.63. The Morgan fingerprint density at radius 2 is 1.89 bits per heavy atom. The van der Waals surface area contributed by atoms with E-state index in [1.165, 1.54) is 33.0 Å². The molecule has 0 saturated carbocycles. The summed E-state index contributed by atoms with van der Waals surface area (Å²) in [6, 6.07) is 19.8. The predicted octanol–water partition coefficient (Wildman–Crippen LogP) is 5.44. The molecule has 1 N–H and O–H groups in total. The number of benzene rings is 3. The topological polar surface area (TPSA) is 33.6 Å². The number of methoxy groups -OCH3 is 1. The van der Waals surface area contributed by atoms with Gasteiger partial charge in [0.2, 0.25) is 0 Å². The Morgan fingerprint density at radius 3 is 2.61 bits per heavy atom. The second-order valence-electron chi connectivity index (χ2n) is 7.37. The van der Waals surface area contributed by atoms with Gasteiger partial charge in [-0.25, -0.2) is 0 Å². The van der Waals surface area contributed by atoms with E-state index in [0.29, 0.717) is 0 Å². The lowest BCUT2D eigenvalue weighted by molar-refractivity contribution is 0.415. The predicted molar refractivity (Wildman–Crippen MR) is 121 cm³/mol. The van der Waals surface area contributed by atoms with Crippen LogP contribution in [-0.4, -0.2) is 24.6 Å². The maximum Gasteiger partial charge on any atom is 0.157 e. The number of hydrogen-bond donors (Lipinski definition) is 1. The third-order valence-electron chi connectivity index (χ3n) is 5.10. The van der Waals surface area contributed by atoms with Gasteiger partial charge in [-0.1, -0.05) is 65.4 Å². The first kappa shape index (κ1) is 18.9. The van der Waals surface area contributed by atoms with E-state index in [2.05, 4.69) is 72.7 Å². The molecule has 28 heavy (non-hydrogen) atoms. The highest BCUT2D eigenvalue weighted by molar-refractivity contribution is 8.14. The molecule has 0 saturated heterocycles. The molecular weight excluding hydrogens is 364 g/mol. The quantitative estimate of drug-likeness (QED) is 0.630. The maximum absolute atomic E-state index is 5.41. The van der Waals surface area contributed by atoms with Crippen molar-refractivity contribution in [1.82, 2.24) is 5.32 Å². The van der Waals surface area contributed by atoms with Crippen LogP contribution < -0.4 is 10.1 Å². The normalized spacial score (nSPS) is 14.8. The maximum atomic E-state index is 5.41. The Morgan fingerprint density at radius 1 is 1.07 bits per heavy atom. The van der Waals surface area contributed by atoms with Gasteiger partial charge in [0.25, 0.3) is 0 Å². The van der Waals surface area contributed by atoms with Crippen molar-refractivity contribution in [3.8, 4) is 5.75 Å². The van der Waals surface area contributed by atoms with Crippen LogP contribution in [0.1, 0.15) is 28.3 Å². The van der Waals surface area contributed by atoms with Crippen LogP contribution in [0.3, 0.4) is 0 Å². The lowest BCUT2D eigenvalue weighted by atomic mass is 9.93. The molecule has 1 atom stereocenters. The van der Waals surface area contributed by atoms with Crippen LogP contribution in [0.2, 0.25) is 0 Å². The van der Waals surface area contributed by atoms with Gasteiger partial charge in [-0.3, -0.25) is 4.99 Å².